The summed E-state index contributed by atoms with van der Waals surface area (Å²) in [6, 6.07) is 46.3. The molecular weight excluding hydrogens is 1180 g/mol. The van der Waals surface area contributed by atoms with Crippen molar-refractivity contribution in [2.75, 3.05) is 0 Å². The molecule has 8 nitrogen and oxygen atoms in total. The van der Waals surface area contributed by atoms with Gasteiger partial charge in [0, 0.05) is 27.8 Å². The number of aryl methyl sites for hydroxylation is 8. The third-order valence-electron chi connectivity index (χ3n) is 19.9. The van der Waals surface area contributed by atoms with E-state index in [0.717, 1.165) is 117 Å². The molecule has 0 N–H and O–H groups in total. The summed E-state index contributed by atoms with van der Waals surface area (Å²) in [4.78, 5) is 18.5. The van der Waals surface area contributed by atoms with Gasteiger partial charge in [-0.25, -0.2) is 35.8 Å². The summed E-state index contributed by atoms with van der Waals surface area (Å²) in [6.45, 7) is 12.3. The lowest BCUT2D eigenvalue weighted by Crippen LogP contribution is -2.32. The normalized spacial score (nSPS) is 14.3. The molecule has 0 bridgehead atoms. The largest absolute Gasteiger partial charge is 0.287 e. The van der Waals surface area contributed by atoms with Crippen LogP contribution in [0.25, 0.3) is 88.6 Å². The SMILES string of the molecule is Cc1cc(F)ccc1-c1c2cc(C3CCCC3)ccc2nc[n+]1C.Cc1cc(F)ccc1-c1c2cc(CC(C)C)ccc2nc[n+]1C.Cc1cc(F)ccc1-c1c2ccc(C3CCCC3)cc2nc[n+]1C.Cc1cc(F)ccc1-c1c2cccc(C3CCCC3)c2nc[n+]1C. The van der Waals surface area contributed by atoms with Crippen LogP contribution < -0.4 is 18.3 Å². The molecule has 8 aromatic carbocycles. The van der Waals surface area contributed by atoms with Crippen LogP contribution in [0.2, 0.25) is 0 Å². The number of aromatic nitrogens is 8. The highest BCUT2D eigenvalue weighted by atomic mass is 19.1. The molecular formula is C83H88F4N8+4. The molecule has 0 saturated heterocycles. The number of para-hydroxylation sites is 1. The van der Waals surface area contributed by atoms with Crippen LogP contribution in [0.1, 0.15) is 153 Å². The minimum atomic E-state index is -0.201. The molecule has 3 aliphatic rings. The van der Waals surface area contributed by atoms with Crippen LogP contribution >= 0.6 is 0 Å². The first kappa shape index (κ1) is 65.9. The fraction of sp³-hybridized carbons (Fsp3) is 0.325. The number of nitrogens with zero attached hydrogens (tertiary/aromatic N) is 8. The van der Waals surface area contributed by atoms with E-state index in [1.807, 2.05) is 124 Å². The molecule has 15 rings (SSSR count). The second-order valence-corrected chi connectivity index (χ2v) is 27.3. The minimum absolute atomic E-state index is 0.191. The molecule has 0 spiro atoms. The Morgan fingerprint density at radius 2 is 0.747 bits per heavy atom. The van der Waals surface area contributed by atoms with Crippen LogP contribution in [0.15, 0.2) is 171 Å². The van der Waals surface area contributed by atoms with Crippen molar-refractivity contribution in [3.8, 4) is 45.0 Å². The van der Waals surface area contributed by atoms with Gasteiger partial charge in [0.05, 0.1) is 49.7 Å². The van der Waals surface area contributed by atoms with E-state index in [-0.39, 0.29) is 23.3 Å². The molecule has 0 atom stereocenters. The molecule has 0 amide bonds. The fourth-order valence-corrected chi connectivity index (χ4v) is 15.2. The first-order chi connectivity index (χ1) is 45.9. The van der Waals surface area contributed by atoms with Crippen molar-refractivity contribution in [1.82, 2.24) is 19.9 Å². The third kappa shape index (κ3) is 14.4. The zero-order valence-corrected chi connectivity index (χ0v) is 56.8. The number of fused-ring (bicyclic) bond motifs is 4. The van der Waals surface area contributed by atoms with Gasteiger partial charge in [-0.1, -0.05) is 82.7 Å². The number of halogens is 4. The van der Waals surface area contributed by atoms with Crippen molar-refractivity contribution < 1.29 is 35.8 Å². The summed E-state index contributed by atoms with van der Waals surface area (Å²) < 4.78 is 62.1. The Labute approximate surface area is 557 Å². The third-order valence-corrected chi connectivity index (χ3v) is 19.9. The summed E-state index contributed by atoms with van der Waals surface area (Å²) in [5.74, 6) is 1.80. The standard InChI is InChI=1S/3C21H22FN2.C20H22FN2/c1-14-12-16(22)10-11-17(14)21-19-9-5-8-18(15-6-3-4-7-15)20(19)23-13-24(21)2;1-14-11-17(22)8-9-18(14)21-19-12-16(15-5-3-4-6-15)7-10-20(19)23-13-24(21)2;1-14-11-17(22)8-10-18(14)21-19-9-7-16(15-5-3-4-6-15)12-20(19)23-13-24(21)2;1-13(2)9-15-5-8-19-18(11-15)20(23(4)12-22-19)17-7-6-16(21)10-14(17)3/h5,8-13,15H,3-4,6-7H2,1-2H3;2*7-13,15H,3-6H2,1-2H3;5-8,10-13H,9H2,1-4H3/q4*+1. The van der Waals surface area contributed by atoms with Gasteiger partial charge in [-0.3, -0.25) is 0 Å². The quantitative estimate of drug-likeness (QED) is 0.107. The summed E-state index contributed by atoms with van der Waals surface area (Å²) >= 11 is 0. The van der Waals surface area contributed by atoms with Crippen LogP contribution in [0.4, 0.5) is 17.6 Å². The van der Waals surface area contributed by atoms with Gasteiger partial charge >= 0.3 is 0 Å². The van der Waals surface area contributed by atoms with Gasteiger partial charge in [-0.2, -0.15) is 0 Å². The highest BCUT2D eigenvalue weighted by molar-refractivity contribution is 5.95. The molecule has 484 valence electrons. The van der Waals surface area contributed by atoms with Crippen LogP contribution in [0, 0.1) is 56.9 Å². The van der Waals surface area contributed by atoms with E-state index in [1.54, 1.807) is 24.3 Å². The smallest absolute Gasteiger partial charge is 0.232 e. The number of rotatable bonds is 9. The second kappa shape index (κ2) is 28.8. The van der Waals surface area contributed by atoms with E-state index < -0.39 is 0 Å². The first-order valence-electron chi connectivity index (χ1n) is 34.0. The molecule has 12 aromatic rings. The van der Waals surface area contributed by atoms with Crippen molar-refractivity contribution in [1.29, 1.82) is 0 Å². The van der Waals surface area contributed by atoms with E-state index in [0.29, 0.717) is 23.7 Å². The van der Waals surface area contributed by atoms with Gasteiger partial charge < -0.3 is 0 Å². The molecule has 95 heavy (non-hydrogen) atoms. The molecule has 0 unspecified atom stereocenters. The van der Waals surface area contributed by atoms with Crippen molar-refractivity contribution in [2.45, 2.75) is 143 Å². The molecule has 4 heterocycles. The van der Waals surface area contributed by atoms with Crippen LogP contribution in [-0.2, 0) is 34.6 Å². The van der Waals surface area contributed by atoms with Gasteiger partial charge in [0.2, 0.25) is 0 Å². The zero-order chi connectivity index (χ0) is 66.6. The minimum Gasteiger partial charge on any atom is -0.232 e. The maximum Gasteiger partial charge on any atom is 0.287 e. The predicted octanol–water partition coefficient (Wildman–Crippen LogP) is 18.9. The topological polar surface area (TPSA) is 67.1 Å². The molecule has 12 heteroatoms. The Morgan fingerprint density at radius 3 is 1.20 bits per heavy atom. The zero-order valence-electron chi connectivity index (χ0n) is 56.8. The van der Waals surface area contributed by atoms with Crippen molar-refractivity contribution in [2.24, 2.45) is 34.1 Å². The van der Waals surface area contributed by atoms with E-state index in [9.17, 15) is 17.6 Å². The Bertz CT molecular complexity index is 4750. The van der Waals surface area contributed by atoms with E-state index in [2.05, 4.69) is 102 Å². The van der Waals surface area contributed by atoms with Gasteiger partial charge in [-0.15, -0.1) is 0 Å². The highest BCUT2D eigenvalue weighted by Gasteiger charge is 2.27. The maximum atomic E-state index is 13.5. The monoisotopic (exact) mass is 1270 g/mol. The lowest BCUT2D eigenvalue weighted by Gasteiger charge is -2.13. The number of hydrogen-bond acceptors (Lipinski definition) is 4. The van der Waals surface area contributed by atoms with Crippen molar-refractivity contribution >= 4 is 43.6 Å². The first-order valence-corrected chi connectivity index (χ1v) is 34.0. The summed E-state index contributed by atoms with van der Waals surface area (Å²) in [5, 5.41) is 4.54. The van der Waals surface area contributed by atoms with E-state index in [4.69, 9.17) is 4.98 Å². The maximum absolute atomic E-state index is 13.5. The average Bonchev–Trinajstić information content (AvgIpc) is 0.854. The average molecular weight is 1270 g/mol. The molecule has 3 aliphatic carbocycles. The van der Waals surface area contributed by atoms with E-state index in [1.165, 1.54) is 124 Å². The summed E-state index contributed by atoms with van der Waals surface area (Å²) in [7, 11) is 7.99. The molecule has 0 aliphatic heterocycles. The van der Waals surface area contributed by atoms with Crippen molar-refractivity contribution in [3.05, 3.63) is 239 Å². The van der Waals surface area contributed by atoms with Crippen LogP contribution in [0.5, 0.6) is 0 Å². The lowest BCUT2D eigenvalue weighted by atomic mass is 9.93. The fourth-order valence-electron chi connectivity index (χ4n) is 15.2. The molecule has 4 aromatic heterocycles. The van der Waals surface area contributed by atoms with Gasteiger partial charge in [-0.05, 0) is 270 Å². The second-order valence-electron chi connectivity index (χ2n) is 27.3. The Balaban J connectivity index is 0.000000121. The summed E-state index contributed by atoms with van der Waals surface area (Å²) in [6.07, 6.45) is 24.0. The Hall–Kier alpha value is -9.16. The highest BCUT2D eigenvalue weighted by Crippen LogP contribution is 2.41. The van der Waals surface area contributed by atoms with Gasteiger partial charge in [0.15, 0.2) is 22.1 Å². The van der Waals surface area contributed by atoms with Gasteiger partial charge in [0.1, 0.15) is 46.0 Å². The van der Waals surface area contributed by atoms with Crippen LogP contribution in [0.3, 0.4) is 0 Å². The predicted molar refractivity (Wildman–Crippen MR) is 374 cm³/mol. The van der Waals surface area contributed by atoms with Gasteiger partial charge in [0.25, 0.3) is 25.3 Å². The lowest BCUT2D eigenvalue weighted by molar-refractivity contribution is -0.662. The summed E-state index contributed by atoms with van der Waals surface area (Å²) in [5.41, 5.74) is 22.0. The number of benzene rings is 8. The molecule has 3 fully saturated rings. The Morgan fingerprint density at radius 1 is 0.368 bits per heavy atom. The van der Waals surface area contributed by atoms with Crippen LogP contribution in [-0.4, -0.2) is 19.9 Å². The van der Waals surface area contributed by atoms with E-state index >= 15 is 0 Å². The Kier molecular flexibility index (Phi) is 20.0. The number of hydrogen-bond donors (Lipinski definition) is 0. The molecule has 0 radical (unpaired) electrons. The molecule has 3 saturated carbocycles. The van der Waals surface area contributed by atoms with Crippen molar-refractivity contribution in [3.63, 3.8) is 0 Å².